The number of methoxy groups -OCH3 is 2. The summed E-state index contributed by atoms with van der Waals surface area (Å²) in [6.07, 6.45) is 0. The van der Waals surface area contributed by atoms with Crippen molar-refractivity contribution in [1.29, 1.82) is 0 Å². The van der Waals surface area contributed by atoms with E-state index in [-0.39, 0.29) is 0 Å². The lowest BCUT2D eigenvalue weighted by atomic mass is 10.0. The second-order valence-corrected chi connectivity index (χ2v) is 6.34. The molecule has 8 heteroatoms. The zero-order chi connectivity index (χ0) is 21.5. The van der Waals surface area contributed by atoms with Crippen molar-refractivity contribution in [3.05, 3.63) is 71.9 Å². The number of hydrogen-bond donors (Lipinski definition) is 3. The minimum atomic E-state index is -0.584. The van der Waals surface area contributed by atoms with Gasteiger partial charge in [0, 0.05) is 16.9 Å². The molecule has 0 unspecified atom stereocenters. The summed E-state index contributed by atoms with van der Waals surface area (Å²) in [5.41, 5.74) is 7.66. The van der Waals surface area contributed by atoms with Crippen LogP contribution in [0.5, 0.6) is 11.5 Å². The molecule has 3 rings (SSSR count). The smallest absolute Gasteiger partial charge is 0.337 e. The Labute approximate surface area is 174 Å². The van der Waals surface area contributed by atoms with Gasteiger partial charge in [-0.25, -0.2) is 10.2 Å². The van der Waals surface area contributed by atoms with Gasteiger partial charge in [-0.2, -0.15) is 0 Å². The van der Waals surface area contributed by atoms with Crippen LogP contribution in [-0.2, 0) is 0 Å². The normalized spacial score (nSPS) is 10.1. The average molecular weight is 406 g/mol. The molecule has 0 aliphatic rings. The van der Waals surface area contributed by atoms with Gasteiger partial charge in [-0.3, -0.25) is 15.2 Å². The Kier molecular flexibility index (Phi) is 6.49. The third kappa shape index (κ3) is 5.05. The van der Waals surface area contributed by atoms with Crippen LogP contribution in [0.2, 0.25) is 0 Å². The number of urea groups is 1. The Morgan fingerprint density at radius 3 is 2.00 bits per heavy atom. The van der Waals surface area contributed by atoms with Gasteiger partial charge in [-0.15, -0.1) is 0 Å². The van der Waals surface area contributed by atoms with Gasteiger partial charge < -0.3 is 14.8 Å². The molecule has 0 atom stereocenters. The van der Waals surface area contributed by atoms with Gasteiger partial charge in [0.05, 0.1) is 25.5 Å². The number of ether oxygens (including phenoxy) is 2. The molecule has 0 fully saturated rings. The quantitative estimate of drug-likeness (QED) is 0.563. The first-order valence-electron chi connectivity index (χ1n) is 9.13. The fourth-order valence-corrected chi connectivity index (χ4v) is 2.73. The van der Waals surface area contributed by atoms with Crippen molar-refractivity contribution in [2.75, 3.05) is 19.5 Å². The molecule has 2 aromatic carbocycles. The number of nitrogens with zero attached hydrogens (tertiary/aromatic N) is 1. The number of carbonyl (C=O) groups excluding carboxylic acids is 2. The monoisotopic (exact) mass is 406 g/mol. The fraction of sp³-hybridized carbons (Fsp3) is 0.136. The van der Waals surface area contributed by atoms with Crippen molar-refractivity contribution >= 4 is 17.6 Å². The van der Waals surface area contributed by atoms with Crippen LogP contribution in [0.15, 0.2) is 60.7 Å². The van der Waals surface area contributed by atoms with E-state index in [4.69, 9.17) is 9.47 Å². The summed E-state index contributed by atoms with van der Waals surface area (Å²) in [5.74, 6) is 0.889. The largest absolute Gasteiger partial charge is 0.497 e. The van der Waals surface area contributed by atoms with Gasteiger partial charge in [-0.1, -0.05) is 0 Å². The number of anilines is 1. The Morgan fingerprint density at radius 2 is 1.40 bits per heavy atom. The fourth-order valence-electron chi connectivity index (χ4n) is 2.73. The Morgan fingerprint density at radius 1 is 0.800 bits per heavy atom. The first kappa shape index (κ1) is 20.7. The molecule has 0 radical (unpaired) electrons. The molecular weight excluding hydrogens is 384 g/mol. The van der Waals surface area contributed by atoms with E-state index in [0.717, 1.165) is 11.3 Å². The number of hydrazine groups is 1. The lowest BCUT2D eigenvalue weighted by Gasteiger charge is -2.12. The van der Waals surface area contributed by atoms with E-state index in [1.165, 1.54) is 0 Å². The minimum Gasteiger partial charge on any atom is -0.497 e. The maximum absolute atomic E-state index is 12.7. The highest BCUT2D eigenvalue weighted by atomic mass is 16.5. The number of benzene rings is 2. The predicted molar refractivity (Wildman–Crippen MR) is 114 cm³/mol. The summed E-state index contributed by atoms with van der Waals surface area (Å²) in [5, 5.41) is 2.62. The molecule has 154 valence electrons. The van der Waals surface area contributed by atoms with Crippen molar-refractivity contribution in [3.63, 3.8) is 0 Å². The molecule has 0 aliphatic heterocycles. The van der Waals surface area contributed by atoms with Crippen molar-refractivity contribution in [3.8, 4) is 22.8 Å². The number of amides is 3. The molecule has 30 heavy (non-hydrogen) atoms. The molecule has 0 saturated heterocycles. The van der Waals surface area contributed by atoms with Crippen molar-refractivity contribution in [2.45, 2.75) is 6.92 Å². The van der Waals surface area contributed by atoms with Crippen LogP contribution >= 0.6 is 0 Å². The van der Waals surface area contributed by atoms with Crippen LogP contribution in [0.4, 0.5) is 10.5 Å². The number of pyridine rings is 1. The molecule has 1 aromatic heterocycles. The Hall–Kier alpha value is -4.07. The molecule has 3 N–H and O–H groups in total. The highest BCUT2D eigenvalue weighted by Gasteiger charge is 2.15. The molecule has 3 amide bonds. The van der Waals surface area contributed by atoms with E-state index in [1.807, 2.05) is 19.1 Å². The van der Waals surface area contributed by atoms with Gasteiger partial charge in [0.1, 0.15) is 11.5 Å². The molecule has 0 spiro atoms. The van der Waals surface area contributed by atoms with Crippen LogP contribution in [0.25, 0.3) is 11.3 Å². The van der Waals surface area contributed by atoms with Gasteiger partial charge in [0.15, 0.2) is 0 Å². The van der Waals surface area contributed by atoms with Crippen LogP contribution in [0.3, 0.4) is 0 Å². The minimum absolute atomic E-state index is 0.329. The summed E-state index contributed by atoms with van der Waals surface area (Å²) < 4.78 is 10.2. The molecule has 3 aromatic rings. The third-order valence-electron chi connectivity index (χ3n) is 4.28. The van der Waals surface area contributed by atoms with Crippen molar-refractivity contribution < 1.29 is 19.1 Å². The van der Waals surface area contributed by atoms with Crippen LogP contribution < -0.4 is 25.6 Å². The summed E-state index contributed by atoms with van der Waals surface area (Å²) in [4.78, 5) is 29.3. The summed E-state index contributed by atoms with van der Waals surface area (Å²) in [6, 6.07) is 16.9. The first-order valence-corrected chi connectivity index (χ1v) is 9.13. The first-order chi connectivity index (χ1) is 14.5. The van der Waals surface area contributed by atoms with E-state index in [0.29, 0.717) is 28.4 Å². The SMILES string of the molecule is COc1ccc(NC(=O)NNC(=O)c2ccc(C)nc2-c2ccc(OC)cc2)cc1. The number of aromatic nitrogens is 1. The summed E-state index contributed by atoms with van der Waals surface area (Å²) in [7, 11) is 3.15. The van der Waals surface area contributed by atoms with Crippen LogP contribution in [0.1, 0.15) is 16.1 Å². The molecule has 0 bridgehead atoms. The Bertz CT molecular complexity index is 1030. The van der Waals surface area contributed by atoms with Gasteiger partial charge >= 0.3 is 6.03 Å². The molecule has 8 nitrogen and oxygen atoms in total. The number of nitrogens with one attached hydrogen (secondary N) is 3. The highest BCUT2D eigenvalue weighted by molar-refractivity contribution is 6.01. The second kappa shape index (κ2) is 9.42. The second-order valence-electron chi connectivity index (χ2n) is 6.34. The highest BCUT2D eigenvalue weighted by Crippen LogP contribution is 2.24. The molecule has 1 heterocycles. The van der Waals surface area contributed by atoms with Crippen LogP contribution in [0, 0.1) is 6.92 Å². The summed E-state index contributed by atoms with van der Waals surface area (Å²) in [6.45, 7) is 1.84. The predicted octanol–water partition coefficient (Wildman–Crippen LogP) is 3.54. The van der Waals surface area contributed by atoms with E-state index < -0.39 is 11.9 Å². The van der Waals surface area contributed by atoms with E-state index in [9.17, 15) is 9.59 Å². The standard InChI is InChI=1S/C22H22N4O4/c1-14-4-13-19(20(23-14)15-5-9-17(29-2)10-6-15)21(27)25-26-22(28)24-16-7-11-18(30-3)12-8-16/h4-13H,1-3H3,(H,25,27)(H2,24,26,28). The molecular formula is C22H22N4O4. The zero-order valence-corrected chi connectivity index (χ0v) is 16.9. The molecule has 0 saturated carbocycles. The number of hydrogen-bond acceptors (Lipinski definition) is 5. The van der Waals surface area contributed by atoms with Gasteiger partial charge in [0.25, 0.3) is 5.91 Å². The number of aryl methyl sites for hydroxylation is 1. The number of rotatable bonds is 5. The lowest BCUT2D eigenvalue weighted by molar-refractivity contribution is 0.0938. The third-order valence-corrected chi connectivity index (χ3v) is 4.28. The zero-order valence-electron chi connectivity index (χ0n) is 16.9. The van der Waals surface area contributed by atoms with E-state index in [1.54, 1.807) is 62.8 Å². The van der Waals surface area contributed by atoms with Crippen molar-refractivity contribution in [1.82, 2.24) is 15.8 Å². The van der Waals surface area contributed by atoms with E-state index >= 15 is 0 Å². The van der Waals surface area contributed by atoms with Crippen molar-refractivity contribution in [2.24, 2.45) is 0 Å². The molecule has 0 aliphatic carbocycles. The van der Waals surface area contributed by atoms with Gasteiger partial charge in [-0.05, 0) is 67.6 Å². The summed E-state index contributed by atoms with van der Waals surface area (Å²) >= 11 is 0. The average Bonchev–Trinajstić information content (AvgIpc) is 2.78. The van der Waals surface area contributed by atoms with Gasteiger partial charge in [0.2, 0.25) is 0 Å². The maximum atomic E-state index is 12.7. The Balaban J connectivity index is 1.69. The number of carbonyl (C=O) groups is 2. The van der Waals surface area contributed by atoms with Crippen LogP contribution in [-0.4, -0.2) is 31.1 Å². The lowest BCUT2D eigenvalue weighted by Crippen LogP contribution is -2.44. The maximum Gasteiger partial charge on any atom is 0.337 e. The van der Waals surface area contributed by atoms with E-state index in [2.05, 4.69) is 21.2 Å². The topological polar surface area (TPSA) is 102 Å².